The smallest absolute Gasteiger partial charge is 0.204 e. The Morgan fingerprint density at radius 3 is 2.04 bits per heavy atom. The van der Waals surface area contributed by atoms with E-state index in [1.807, 2.05) is 24.3 Å². The van der Waals surface area contributed by atoms with Crippen LogP contribution in [0.15, 0.2) is 24.3 Å². The lowest BCUT2D eigenvalue weighted by Crippen LogP contribution is -2.51. The molecule has 4 heteroatoms. The van der Waals surface area contributed by atoms with Crippen molar-refractivity contribution in [2.75, 3.05) is 13.2 Å². The van der Waals surface area contributed by atoms with Crippen LogP contribution in [0, 0.1) is 10.8 Å². The third kappa shape index (κ3) is 5.80. The van der Waals surface area contributed by atoms with Crippen molar-refractivity contribution in [3.05, 3.63) is 34.9 Å². The van der Waals surface area contributed by atoms with Crippen LogP contribution in [0.5, 0.6) is 0 Å². The van der Waals surface area contributed by atoms with Gasteiger partial charge in [-0.25, -0.2) is 0 Å². The lowest BCUT2D eigenvalue weighted by Gasteiger charge is -2.45. The molecule has 1 N–H and O–H groups in total. The number of nitrogens with one attached hydrogen (secondary N) is 1. The van der Waals surface area contributed by atoms with Gasteiger partial charge in [0.1, 0.15) is 0 Å². The Morgan fingerprint density at radius 1 is 1.00 bits per heavy atom. The second-order valence-corrected chi connectivity index (χ2v) is 7.80. The van der Waals surface area contributed by atoms with E-state index in [1.54, 1.807) is 0 Å². The van der Waals surface area contributed by atoms with Crippen molar-refractivity contribution in [3.8, 4) is 0 Å². The summed E-state index contributed by atoms with van der Waals surface area (Å²) in [6, 6.07) is 7.85. The summed E-state index contributed by atoms with van der Waals surface area (Å²) in [5, 5.41) is 8.60. The first-order valence-corrected chi connectivity index (χ1v) is 9.99. The number of hydrogen-bond acceptors (Lipinski definition) is 3. The van der Waals surface area contributed by atoms with Gasteiger partial charge in [0, 0.05) is 16.9 Å². The molecule has 1 fully saturated rings. The standard InChI is InChI=1S/C21H32ClNO2/c1-3-5-12-20(13-6-4-2)16-24-21(15-23,25-17-20)14-11-18-7-9-19(22)10-8-18/h7-10,15,23H,3-6,11-14,16-17H2,1-2H3. The SMILES string of the molecule is CCCCC1(CCCC)COC(C=N)(CCc2ccc(Cl)cc2)OC1. The highest BCUT2D eigenvalue weighted by molar-refractivity contribution is 6.30. The van der Waals surface area contributed by atoms with E-state index < -0.39 is 5.79 Å². The van der Waals surface area contributed by atoms with Gasteiger partial charge < -0.3 is 14.9 Å². The molecule has 25 heavy (non-hydrogen) atoms. The molecule has 1 aromatic carbocycles. The number of halogens is 1. The Hall–Kier alpha value is -0.900. The van der Waals surface area contributed by atoms with E-state index in [9.17, 15) is 0 Å². The van der Waals surface area contributed by atoms with Crippen molar-refractivity contribution in [2.45, 2.75) is 71.0 Å². The average Bonchev–Trinajstić information content (AvgIpc) is 2.66. The van der Waals surface area contributed by atoms with Crippen LogP contribution in [0.1, 0.15) is 64.4 Å². The van der Waals surface area contributed by atoms with Gasteiger partial charge in [0.25, 0.3) is 0 Å². The van der Waals surface area contributed by atoms with E-state index >= 15 is 0 Å². The summed E-state index contributed by atoms with van der Waals surface area (Å²) < 4.78 is 12.4. The molecule has 0 aromatic heterocycles. The van der Waals surface area contributed by atoms with Crippen LogP contribution in [0.2, 0.25) is 5.02 Å². The van der Waals surface area contributed by atoms with Crippen LogP contribution in [0.25, 0.3) is 0 Å². The zero-order valence-corrected chi connectivity index (χ0v) is 16.4. The summed E-state index contributed by atoms with van der Waals surface area (Å²) in [4.78, 5) is 0. The van der Waals surface area contributed by atoms with E-state index in [0.29, 0.717) is 19.6 Å². The summed E-state index contributed by atoms with van der Waals surface area (Å²) in [6.07, 6.45) is 9.91. The second kappa shape index (κ2) is 9.70. The lowest BCUT2D eigenvalue weighted by atomic mass is 9.78. The molecule has 0 bridgehead atoms. The maximum atomic E-state index is 7.85. The van der Waals surface area contributed by atoms with Gasteiger partial charge in [0.15, 0.2) is 0 Å². The predicted octanol–water partition coefficient (Wildman–Crippen LogP) is 6.03. The predicted molar refractivity (Wildman–Crippen MR) is 105 cm³/mol. The Labute approximate surface area is 157 Å². The molecule has 3 nitrogen and oxygen atoms in total. The first-order valence-electron chi connectivity index (χ1n) is 9.61. The molecular weight excluding hydrogens is 334 g/mol. The monoisotopic (exact) mass is 365 g/mol. The number of aryl methyl sites for hydroxylation is 1. The van der Waals surface area contributed by atoms with Gasteiger partial charge in [0.05, 0.1) is 19.4 Å². The van der Waals surface area contributed by atoms with Crippen molar-refractivity contribution < 1.29 is 9.47 Å². The Bertz CT molecular complexity index is 511. The van der Waals surface area contributed by atoms with E-state index in [-0.39, 0.29) is 5.41 Å². The first-order chi connectivity index (χ1) is 12.1. The van der Waals surface area contributed by atoms with Crippen LogP contribution >= 0.6 is 11.6 Å². The molecule has 0 radical (unpaired) electrons. The molecule has 1 aliphatic heterocycles. The highest BCUT2D eigenvalue weighted by atomic mass is 35.5. The highest BCUT2D eigenvalue weighted by Gasteiger charge is 2.42. The van der Waals surface area contributed by atoms with Crippen LogP contribution in [0.4, 0.5) is 0 Å². The van der Waals surface area contributed by atoms with E-state index in [4.69, 9.17) is 26.5 Å². The molecular formula is C21H32ClNO2. The fourth-order valence-electron chi connectivity index (χ4n) is 3.42. The number of hydrogen-bond donors (Lipinski definition) is 1. The van der Waals surface area contributed by atoms with Crippen LogP contribution < -0.4 is 0 Å². The largest absolute Gasteiger partial charge is 0.344 e. The van der Waals surface area contributed by atoms with Gasteiger partial charge in [-0.3, -0.25) is 0 Å². The number of rotatable bonds is 10. The molecule has 0 amide bonds. The quantitative estimate of drug-likeness (QED) is 0.514. The minimum Gasteiger partial charge on any atom is -0.344 e. The van der Waals surface area contributed by atoms with Gasteiger partial charge in [-0.05, 0) is 37.0 Å². The van der Waals surface area contributed by atoms with Crippen molar-refractivity contribution >= 4 is 17.8 Å². The van der Waals surface area contributed by atoms with Crippen molar-refractivity contribution in [3.63, 3.8) is 0 Å². The molecule has 0 atom stereocenters. The topological polar surface area (TPSA) is 42.3 Å². The summed E-state index contributed by atoms with van der Waals surface area (Å²) >= 11 is 5.94. The zero-order valence-electron chi connectivity index (χ0n) is 15.7. The lowest BCUT2D eigenvalue weighted by molar-refractivity contribution is -0.269. The highest BCUT2D eigenvalue weighted by Crippen LogP contribution is 2.39. The van der Waals surface area contributed by atoms with Gasteiger partial charge in [-0.15, -0.1) is 0 Å². The van der Waals surface area contributed by atoms with Crippen LogP contribution in [-0.2, 0) is 15.9 Å². The van der Waals surface area contributed by atoms with Crippen LogP contribution in [-0.4, -0.2) is 25.2 Å². The summed E-state index contributed by atoms with van der Waals surface area (Å²) in [6.45, 7) is 5.85. The molecule has 0 unspecified atom stereocenters. The zero-order chi connectivity index (χ0) is 18.2. The van der Waals surface area contributed by atoms with Gasteiger partial charge in [0.2, 0.25) is 5.79 Å². The third-order valence-corrected chi connectivity index (χ3v) is 5.51. The Balaban J connectivity index is 1.96. The van der Waals surface area contributed by atoms with Crippen molar-refractivity contribution in [1.82, 2.24) is 0 Å². The molecule has 0 spiro atoms. The summed E-state index contributed by atoms with van der Waals surface area (Å²) in [5.74, 6) is -0.873. The van der Waals surface area contributed by atoms with E-state index in [2.05, 4.69) is 13.8 Å². The molecule has 1 aliphatic rings. The normalized spacial score (nSPS) is 18.8. The Morgan fingerprint density at radius 2 is 1.56 bits per heavy atom. The number of benzene rings is 1. The molecule has 1 saturated heterocycles. The molecule has 1 aromatic rings. The molecule has 0 aliphatic carbocycles. The molecule has 0 saturated carbocycles. The van der Waals surface area contributed by atoms with Crippen molar-refractivity contribution in [1.29, 1.82) is 5.41 Å². The average molecular weight is 366 g/mol. The van der Waals surface area contributed by atoms with Gasteiger partial charge in [-0.2, -0.15) is 0 Å². The summed E-state index contributed by atoms with van der Waals surface area (Å²) in [5.41, 5.74) is 1.31. The minimum atomic E-state index is -0.873. The van der Waals surface area contributed by atoms with E-state index in [1.165, 1.54) is 37.5 Å². The van der Waals surface area contributed by atoms with Gasteiger partial charge in [-0.1, -0.05) is 63.3 Å². The maximum absolute atomic E-state index is 7.85. The van der Waals surface area contributed by atoms with Gasteiger partial charge >= 0.3 is 0 Å². The minimum absolute atomic E-state index is 0.124. The summed E-state index contributed by atoms with van der Waals surface area (Å²) in [7, 11) is 0. The van der Waals surface area contributed by atoms with Crippen molar-refractivity contribution in [2.24, 2.45) is 5.41 Å². The third-order valence-electron chi connectivity index (χ3n) is 5.26. The first kappa shape index (κ1) is 20.4. The number of unbranched alkanes of at least 4 members (excludes halogenated alkanes) is 2. The molecule has 140 valence electrons. The second-order valence-electron chi connectivity index (χ2n) is 7.37. The van der Waals surface area contributed by atoms with Crippen LogP contribution in [0.3, 0.4) is 0 Å². The Kier molecular flexibility index (Phi) is 7.92. The fraction of sp³-hybridized carbons (Fsp3) is 0.667. The number of ether oxygens (including phenoxy) is 2. The van der Waals surface area contributed by atoms with E-state index in [0.717, 1.165) is 24.3 Å². The molecule has 1 heterocycles. The molecule has 2 rings (SSSR count). The maximum Gasteiger partial charge on any atom is 0.204 e. The fourth-order valence-corrected chi connectivity index (χ4v) is 3.55.